The van der Waals surface area contributed by atoms with Crippen molar-refractivity contribution in [2.45, 2.75) is 83.9 Å². The molecule has 2 aromatic rings. The molecule has 5 nitrogen and oxygen atoms in total. The Bertz CT molecular complexity index is 1170. The van der Waals surface area contributed by atoms with E-state index in [2.05, 4.69) is 85.2 Å². The van der Waals surface area contributed by atoms with Gasteiger partial charge in [-0.1, -0.05) is 30.7 Å². The number of fused-ring (bicyclic) bond motifs is 1. The molecule has 5 heteroatoms. The van der Waals surface area contributed by atoms with Crippen molar-refractivity contribution in [1.82, 2.24) is 4.90 Å². The lowest BCUT2D eigenvalue weighted by atomic mass is 9.70. The van der Waals surface area contributed by atoms with Crippen LogP contribution in [-0.2, 0) is 6.54 Å². The summed E-state index contributed by atoms with van der Waals surface area (Å²) < 4.78 is 12.0. The largest absolute Gasteiger partial charge is 0.508 e. The fraction of sp³-hybridized carbons (Fsp3) is 0.543. The van der Waals surface area contributed by atoms with Gasteiger partial charge in [0.1, 0.15) is 23.4 Å². The molecule has 0 amide bonds. The van der Waals surface area contributed by atoms with E-state index in [0.29, 0.717) is 29.6 Å². The molecule has 1 saturated heterocycles. The maximum absolute atomic E-state index is 9.98. The molecule has 0 spiro atoms. The van der Waals surface area contributed by atoms with E-state index in [-0.39, 0.29) is 6.10 Å². The van der Waals surface area contributed by atoms with Crippen LogP contribution >= 0.6 is 0 Å². The average Bonchev–Trinajstić information content (AvgIpc) is 2.96. The Balaban J connectivity index is 1.30. The summed E-state index contributed by atoms with van der Waals surface area (Å²) in [6.45, 7) is 11.0. The predicted octanol–water partition coefficient (Wildman–Crippen LogP) is 7.88. The molecule has 2 aromatic carbocycles. The summed E-state index contributed by atoms with van der Waals surface area (Å²) in [6.07, 6.45) is 13.7. The second-order valence-corrected chi connectivity index (χ2v) is 12.4. The number of rotatable bonds is 10. The molecule has 0 aromatic heterocycles. The highest BCUT2D eigenvalue weighted by Gasteiger charge is 2.32. The molecule has 1 saturated carbocycles. The van der Waals surface area contributed by atoms with Crippen molar-refractivity contribution >= 4 is 5.69 Å². The summed E-state index contributed by atoms with van der Waals surface area (Å²) in [4.78, 5) is 5.05. The van der Waals surface area contributed by atoms with Crippen LogP contribution in [0, 0.1) is 11.8 Å². The number of hydrogen-bond donors (Lipinski definition) is 1. The van der Waals surface area contributed by atoms with Gasteiger partial charge in [0.2, 0.25) is 0 Å². The van der Waals surface area contributed by atoms with Gasteiger partial charge in [-0.05, 0) is 125 Å². The molecule has 0 radical (unpaired) electrons. The van der Waals surface area contributed by atoms with Gasteiger partial charge in [-0.25, -0.2) is 0 Å². The summed E-state index contributed by atoms with van der Waals surface area (Å²) in [5.41, 5.74) is 3.95. The lowest BCUT2D eigenvalue weighted by Crippen LogP contribution is -2.37. The Labute approximate surface area is 241 Å². The number of ether oxygens (including phenoxy) is 2. The van der Waals surface area contributed by atoms with E-state index in [4.69, 9.17) is 9.47 Å². The monoisotopic (exact) mass is 544 g/mol. The molecule has 4 atom stereocenters. The number of likely N-dealkylation sites (tertiary alicyclic amines) is 1. The minimum atomic E-state index is 0.184. The quantitative estimate of drug-likeness (QED) is 0.330. The number of aliphatic hydroxyl groups excluding tert-OH is 1. The fourth-order valence-electron chi connectivity index (χ4n) is 6.87. The van der Waals surface area contributed by atoms with Gasteiger partial charge in [0.15, 0.2) is 0 Å². The summed E-state index contributed by atoms with van der Waals surface area (Å²) in [5.74, 6) is 3.69. The Morgan fingerprint density at radius 3 is 2.42 bits per heavy atom. The predicted molar refractivity (Wildman–Crippen MR) is 165 cm³/mol. The molecular formula is C35H48N2O3. The zero-order valence-corrected chi connectivity index (χ0v) is 24.9. The van der Waals surface area contributed by atoms with E-state index in [0.717, 1.165) is 43.9 Å². The lowest BCUT2D eigenvalue weighted by Gasteiger charge is -2.38. The van der Waals surface area contributed by atoms with Crippen LogP contribution in [0.1, 0.15) is 76.3 Å². The van der Waals surface area contributed by atoms with Crippen molar-refractivity contribution in [3.05, 3.63) is 77.6 Å². The molecular weight excluding hydrogens is 496 g/mol. The number of nitrogens with zero attached hydrogens (tertiary/aromatic N) is 2. The highest BCUT2D eigenvalue weighted by Crippen LogP contribution is 2.46. The SMILES string of the molecule is COc1ccc(C2CCC3C=C(O)C=CC3C2)c(N(Cc2ccc(OC(C)CN3CCCCC3)cc2)C(C)C)c1. The first-order valence-electron chi connectivity index (χ1n) is 15.4. The highest BCUT2D eigenvalue weighted by molar-refractivity contribution is 5.60. The number of allylic oxidation sites excluding steroid dienone is 3. The average molecular weight is 545 g/mol. The van der Waals surface area contributed by atoms with Crippen molar-refractivity contribution < 1.29 is 14.6 Å². The Hall–Kier alpha value is -2.92. The van der Waals surface area contributed by atoms with E-state index in [9.17, 15) is 5.11 Å². The Morgan fingerprint density at radius 2 is 1.70 bits per heavy atom. The van der Waals surface area contributed by atoms with Gasteiger partial charge in [-0.3, -0.25) is 4.90 Å². The molecule has 2 aliphatic carbocycles. The van der Waals surface area contributed by atoms with Crippen molar-refractivity contribution in [3.8, 4) is 11.5 Å². The first-order valence-corrected chi connectivity index (χ1v) is 15.4. The zero-order valence-electron chi connectivity index (χ0n) is 24.9. The first-order chi connectivity index (χ1) is 19.4. The van der Waals surface area contributed by atoms with Crippen molar-refractivity contribution in [2.75, 3.05) is 31.6 Å². The third-order valence-corrected chi connectivity index (χ3v) is 9.04. The number of piperidine rings is 1. The van der Waals surface area contributed by atoms with Crippen LogP contribution in [0.25, 0.3) is 0 Å². The van der Waals surface area contributed by atoms with E-state index in [1.54, 1.807) is 7.11 Å². The van der Waals surface area contributed by atoms with Gasteiger partial charge in [0.25, 0.3) is 0 Å². The van der Waals surface area contributed by atoms with Gasteiger partial charge in [0, 0.05) is 30.9 Å². The van der Waals surface area contributed by atoms with Gasteiger partial charge in [0.05, 0.1) is 7.11 Å². The molecule has 1 aliphatic heterocycles. The van der Waals surface area contributed by atoms with Crippen LogP contribution in [-0.4, -0.2) is 48.9 Å². The van der Waals surface area contributed by atoms with E-state index < -0.39 is 0 Å². The second kappa shape index (κ2) is 13.2. The first kappa shape index (κ1) is 28.6. The normalized spacial score (nSPS) is 23.8. The summed E-state index contributed by atoms with van der Waals surface area (Å²) >= 11 is 0. The molecule has 2 fully saturated rings. The summed E-state index contributed by atoms with van der Waals surface area (Å²) in [7, 11) is 1.75. The van der Waals surface area contributed by atoms with E-state index in [1.165, 1.54) is 49.2 Å². The Morgan fingerprint density at radius 1 is 0.950 bits per heavy atom. The molecule has 5 rings (SSSR count). The van der Waals surface area contributed by atoms with Crippen LogP contribution in [0.3, 0.4) is 0 Å². The molecule has 1 heterocycles. The highest BCUT2D eigenvalue weighted by atomic mass is 16.5. The molecule has 1 N–H and O–H groups in total. The van der Waals surface area contributed by atoms with E-state index >= 15 is 0 Å². The molecule has 4 unspecified atom stereocenters. The maximum Gasteiger partial charge on any atom is 0.120 e. The minimum Gasteiger partial charge on any atom is -0.508 e. The third-order valence-electron chi connectivity index (χ3n) is 9.04. The van der Waals surface area contributed by atoms with E-state index in [1.807, 2.05) is 6.08 Å². The van der Waals surface area contributed by atoms with Crippen LogP contribution in [0.4, 0.5) is 5.69 Å². The van der Waals surface area contributed by atoms with Crippen LogP contribution < -0.4 is 14.4 Å². The summed E-state index contributed by atoms with van der Waals surface area (Å²) in [5, 5.41) is 9.98. The molecule has 3 aliphatic rings. The fourth-order valence-corrected chi connectivity index (χ4v) is 6.87. The third kappa shape index (κ3) is 7.04. The second-order valence-electron chi connectivity index (χ2n) is 12.4. The minimum absolute atomic E-state index is 0.184. The van der Waals surface area contributed by atoms with Gasteiger partial charge in [-0.2, -0.15) is 0 Å². The van der Waals surface area contributed by atoms with Crippen LogP contribution in [0.15, 0.2) is 66.5 Å². The molecule has 0 bridgehead atoms. The van der Waals surface area contributed by atoms with Gasteiger partial charge < -0.3 is 19.5 Å². The molecule has 216 valence electrons. The number of anilines is 1. The summed E-state index contributed by atoms with van der Waals surface area (Å²) in [6, 6.07) is 15.7. The number of hydrogen-bond acceptors (Lipinski definition) is 5. The smallest absolute Gasteiger partial charge is 0.120 e. The van der Waals surface area contributed by atoms with Gasteiger partial charge >= 0.3 is 0 Å². The van der Waals surface area contributed by atoms with Crippen LogP contribution in [0.2, 0.25) is 0 Å². The Kier molecular flexibility index (Phi) is 9.41. The van der Waals surface area contributed by atoms with Gasteiger partial charge in [-0.15, -0.1) is 0 Å². The maximum atomic E-state index is 9.98. The zero-order chi connectivity index (χ0) is 28.1. The number of aliphatic hydroxyl groups is 1. The number of methoxy groups -OCH3 is 1. The van der Waals surface area contributed by atoms with Crippen molar-refractivity contribution in [3.63, 3.8) is 0 Å². The van der Waals surface area contributed by atoms with Crippen molar-refractivity contribution in [2.24, 2.45) is 11.8 Å². The lowest BCUT2D eigenvalue weighted by molar-refractivity contribution is 0.130. The topological polar surface area (TPSA) is 45.2 Å². The number of benzene rings is 2. The standard InChI is InChI=1S/C35H48N2O3/c1-25(2)37(24-27-8-14-32(15-9-27)40-26(3)23-36-18-6-5-7-19-36)35-22-33(39-4)16-17-34(35)30-11-10-29-21-31(38)13-12-28(29)20-30/h8-9,12-17,21-22,25-26,28-30,38H,5-7,10-11,18-20,23-24H2,1-4H3. The van der Waals surface area contributed by atoms with Crippen LogP contribution in [0.5, 0.6) is 11.5 Å². The van der Waals surface area contributed by atoms with Crippen molar-refractivity contribution in [1.29, 1.82) is 0 Å². The molecule has 40 heavy (non-hydrogen) atoms.